The molecular formula is C15H9FN2. The first kappa shape index (κ1) is 10.5. The minimum Gasteiger partial charge on any atom is -0.355 e. The number of H-pyrrole nitrogens is 1. The average molecular weight is 236 g/mol. The second kappa shape index (κ2) is 4.01. The van der Waals surface area contributed by atoms with Crippen molar-refractivity contribution in [2.24, 2.45) is 0 Å². The Labute approximate surface area is 103 Å². The first-order valence-electron chi connectivity index (χ1n) is 5.55. The van der Waals surface area contributed by atoms with Gasteiger partial charge in [0.25, 0.3) is 0 Å². The molecule has 0 aliphatic heterocycles. The van der Waals surface area contributed by atoms with Crippen molar-refractivity contribution in [1.82, 2.24) is 4.98 Å². The molecule has 0 atom stereocenters. The van der Waals surface area contributed by atoms with Crippen LogP contribution >= 0.6 is 0 Å². The molecule has 0 saturated heterocycles. The molecule has 86 valence electrons. The zero-order chi connectivity index (χ0) is 12.5. The highest BCUT2D eigenvalue weighted by Gasteiger charge is 2.04. The topological polar surface area (TPSA) is 39.6 Å². The van der Waals surface area contributed by atoms with E-state index in [1.165, 1.54) is 12.1 Å². The van der Waals surface area contributed by atoms with E-state index in [4.69, 9.17) is 5.26 Å². The molecule has 0 unspecified atom stereocenters. The van der Waals surface area contributed by atoms with Crippen LogP contribution in [0.2, 0.25) is 0 Å². The Balaban J connectivity index is 2.17. The maximum absolute atomic E-state index is 13.2. The summed E-state index contributed by atoms with van der Waals surface area (Å²) in [6, 6.07) is 15.9. The van der Waals surface area contributed by atoms with E-state index < -0.39 is 0 Å². The van der Waals surface area contributed by atoms with Crippen LogP contribution in [0, 0.1) is 17.1 Å². The lowest BCUT2D eigenvalue weighted by atomic mass is 10.1. The Kier molecular flexibility index (Phi) is 2.35. The molecule has 0 spiro atoms. The van der Waals surface area contributed by atoms with Gasteiger partial charge in [-0.15, -0.1) is 0 Å². The number of benzene rings is 2. The minimum atomic E-state index is -0.260. The number of nitriles is 1. The number of hydrogen-bond acceptors (Lipinski definition) is 1. The molecule has 2 nitrogen and oxygen atoms in total. The standard InChI is InChI=1S/C15H9FN2/c16-13-3-1-2-11(7-13)15-8-12-6-10(9-17)4-5-14(12)18-15/h1-8,18H. The van der Waals surface area contributed by atoms with Crippen LogP contribution in [0.3, 0.4) is 0 Å². The number of nitrogens with zero attached hydrogens (tertiary/aromatic N) is 1. The largest absolute Gasteiger partial charge is 0.355 e. The van der Waals surface area contributed by atoms with Gasteiger partial charge in [0, 0.05) is 22.2 Å². The van der Waals surface area contributed by atoms with E-state index in [9.17, 15) is 4.39 Å². The zero-order valence-corrected chi connectivity index (χ0v) is 9.44. The molecule has 1 aromatic heterocycles. The number of hydrogen-bond donors (Lipinski definition) is 1. The van der Waals surface area contributed by atoms with Crippen molar-refractivity contribution in [3.63, 3.8) is 0 Å². The third kappa shape index (κ3) is 1.74. The molecule has 18 heavy (non-hydrogen) atoms. The van der Waals surface area contributed by atoms with Crippen molar-refractivity contribution in [1.29, 1.82) is 5.26 Å². The van der Waals surface area contributed by atoms with E-state index in [1.807, 2.05) is 24.3 Å². The van der Waals surface area contributed by atoms with Gasteiger partial charge >= 0.3 is 0 Å². The van der Waals surface area contributed by atoms with Crippen LogP contribution in [0.5, 0.6) is 0 Å². The highest BCUT2D eigenvalue weighted by molar-refractivity contribution is 5.86. The molecule has 0 fully saturated rings. The quantitative estimate of drug-likeness (QED) is 0.685. The lowest BCUT2D eigenvalue weighted by molar-refractivity contribution is 0.628. The first-order chi connectivity index (χ1) is 8.76. The van der Waals surface area contributed by atoms with E-state index in [0.717, 1.165) is 22.2 Å². The fraction of sp³-hybridized carbons (Fsp3) is 0. The molecule has 0 aliphatic rings. The Morgan fingerprint density at radius 2 is 1.94 bits per heavy atom. The van der Waals surface area contributed by atoms with Crippen LogP contribution < -0.4 is 0 Å². The van der Waals surface area contributed by atoms with Crippen molar-refractivity contribution in [3.8, 4) is 17.3 Å². The summed E-state index contributed by atoms with van der Waals surface area (Å²) < 4.78 is 13.2. The molecule has 0 radical (unpaired) electrons. The van der Waals surface area contributed by atoms with E-state index >= 15 is 0 Å². The summed E-state index contributed by atoms with van der Waals surface area (Å²) in [6.07, 6.45) is 0. The van der Waals surface area contributed by atoms with Gasteiger partial charge in [-0.05, 0) is 36.4 Å². The van der Waals surface area contributed by atoms with Crippen molar-refractivity contribution in [2.45, 2.75) is 0 Å². The summed E-state index contributed by atoms with van der Waals surface area (Å²) in [7, 11) is 0. The summed E-state index contributed by atoms with van der Waals surface area (Å²) >= 11 is 0. The smallest absolute Gasteiger partial charge is 0.123 e. The van der Waals surface area contributed by atoms with E-state index in [2.05, 4.69) is 11.1 Å². The minimum absolute atomic E-state index is 0.260. The average Bonchev–Trinajstić information content (AvgIpc) is 2.81. The van der Waals surface area contributed by atoms with Crippen molar-refractivity contribution >= 4 is 10.9 Å². The first-order valence-corrected chi connectivity index (χ1v) is 5.55. The second-order valence-corrected chi connectivity index (χ2v) is 4.11. The normalized spacial score (nSPS) is 10.4. The highest BCUT2D eigenvalue weighted by Crippen LogP contribution is 2.25. The van der Waals surface area contributed by atoms with Crippen LogP contribution in [-0.2, 0) is 0 Å². The van der Waals surface area contributed by atoms with Crippen LogP contribution in [0.25, 0.3) is 22.2 Å². The molecule has 3 rings (SSSR count). The number of nitrogens with one attached hydrogen (secondary N) is 1. The van der Waals surface area contributed by atoms with Crippen LogP contribution in [-0.4, -0.2) is 4.98 Å². The molecule has 0 amide bonds. The summed E-state index contributed by atoms with van der Waals surface area (Å²) in [5.74, 6) is -0.260. The fourth-order valence-electron chi connectivity index (χ4n) is 2.01. The molecule has 1 heterocycles. The van der Waals surface area contributed by atoms with Gasteiger partial charge in [0.15, 0.2) is 0 Å². The van der Waals surface area contributed by atoms with Gasteiger partial charge in [0.2, 0.25) is 0 Å². The zero-order valence-electron chi connectivity index (χ0n) is 9.44. The van der Waals surface area contributed by atoms with Crippen LogP contribution in [0.15, 0.2) is 48.5 Å². The molecular weight excluding hydrogens is 227 g/mol. The summed E-state index contributed by atoms with van der Waals surface area (Å²) in [5.41, 5.74) is 3.20. The van der Waals surface area contributed by atoms with Gasteiger partial charge in [-0.1, -0.05) is 12.1 Å². The number of halogens is 1. The number of rotatable bonds is 1. The maximum atomic E-state index is 13.2. The second-order valence-electron chi connectivity index (χ2n) is 4.11. The number of fused-ring (bicyclic) bond motifs is 1. The molecule has 3 aromatic rings. The molecule has 0 saturated carbocycles. The predicted molar refractivity (Wildman–Crippen MR) is 68.4 cm³/mol. The van der Waals surface area contributed by atoms with E-state index in [0.29, 0.717) is 5.56 Å². The maximum Gasteiger partial charge on any atom is 0.123 e. The SMILES string of the molecule is N#Cc1ccc2[nH]c(-c3cccc(F)c3)cc2c1. The van der Waals surface area contributed by atoms with Crippen LogP contribution in [0.1, 0.15) is 5.56 Å². The van der Waals surface area contributed by atoms with Gasteiger partial charge < -0.3 is 4.98 Å². The monoisotopic (exact) mass is 236 g/mol. The van der Waals surface area contributed by atoms with Crippen LogP contribution in [0.4, 0.5) is 4.39 Å². The Morgan fingerprint density at radius 3 is 2.72 bits per heavy atom. The lowest BCUT2D eigenvalue weighted by Gasteiger charge is -1.96. The lowest BCUT2D eigenvalue weighted by Crippen LogP contribution is -1.78. The van der Waals surface area contributed by atoms with Crippen molar-refractivity contribution in [2.75, 3.05) is 0 Å². The Bertz CT molecular complexity index is 766. The Morgan fingerprint density at radius 1 is 1.06 bits per heavy atom. The summed E-state index contributed by atoms with van der Waals surface area (Å²) in [5, 5.41) is 9.80. The molecule has 0 bridgehead atoms. The van der Waals surface area contributed by atoms with Gasteiger partial charge in [0.05, 0.1) is 11.6 Å². The van der Waals surface area contributed by atoms with E-state index in [1.54, 1.807) is 12.1 Å². The number of aromatic nitrogens is 1. The summed E-state index contributed by atoms with van der Waals surface area (Å²) in [6.45, 7) is 0. The van der Waals surface area contributed by atoms with Gasteiger partial charge in [-0.2, -0.15) is 5.26 Å². The highest BCUT2D eigenvalue weighted by atomic mass is 19.1. The van der Waals surface area contributed by atoms with E-state index in [-0.39, 0.29) is 5.82 Å². The predicted octanol–water partition coefficient (Wildman–Crippen LogP) is 3.85. The molecule has 2 aromatic carbocycles. The van der Waals surface area contributed by atoms with Crippen molar-refractivity contribution in [3.05, 3.63) is 59.9 Å². The van der Waals surface area contributed by atoms with Gasteiger partial charge in [-0.3, -0.25) is 0 Å². The van der Waals surface area contributed by atoms with Gasteiger partial charge in [0.1, 0.15) is 5.82 Å². The fourth-order valence-corrected chi connectivity index (χ4v) is 2.01. The third-order valence-electron chi connectivity index (χ3n) is 2.89. The van der Waals surface area contributed by atoms with Gasteiger partial charge in [-0.25, -0.2) is 4.39 Å². The Hall–Kier alpha value is -2.60. The summed E-state index contributed by atoms with van der Waals surface area (Å²) in [4.78, 5) is 3.21. The molecule has 1 N–H and O–H groups in total. The van der Waals surface area contributed by atoms with Crippen molar-refractivity contribution < 1.29 is 4.39 Å². The number of aromatic amines is 1. The molecule has 0 aliphatic carbocycles. The third-order valence-corrected chi connectivity index (χ3v) is 2.89. The molecule has 3 heteroatoms.